The average Bonchev–Trinajstić information content (AvgIpc) is 2.93. The highest BCUT2D eigenvalue weighted by molar-refractivity contribution is 5.76. The van der Waals surface area contributed by atoms with Gasteiger partial charge in [0.25, 0.3) is 0 Å². The summed E-state index contributed by atoms with van der Waals surface area (Å²) in [6.07, 6.45) is 11.6. The van der Waals surface area contributed by atoms with Gasteiger partial charge in [0.05, 0.1) is 0 Å². The largest absolute Gasteiger partial charge is 0.0807 e. The molecule has 0 aromatic heterocycles. The maximum absolute atomic E-state index is 2.49. The van der Waals surface area contributed by atoms with E-state index in [0.29, 0.717) is 5.41 Å². The molecule has 3 rings (SSSR count). The van der Waals surface area contributed by atoms with E-state index in [-0.39, 0.29) is 0 Å². The van der Waals surface area contributed by atoms with Crippen molar-refractivity contribution in [3.63, 3.8) is 0 Å². The Labute approximate surface area is 117 Å². The van der Waals surface area contributed by atoms with E-state index in [0.717, 1.165) is 5.92 Å². The Kier molecular flexibility index (Phi) is 3.35. The van der Waals surface area contributed by atoms with Gasteiger partial charge >= 0.3 is 0 Å². The molecule has 1 saturated carbocycles. The molecule has 0 saturated heterocycles. The Morgan fingerprint density at radius 2 is 2.05 bits per heavy atom. The van der Waals surface area contributed by atoms with E-state index in [1.807, 2.05) is 0 Å². The van der Waals surface area contributed by atoms with Crippen LogP contribution in [0.3, 0.4) is 0 Å². The van der Waals surface area contributed by atoms with Crippen molar-refractivity contribution in [2.75, 3.05) is 0 Å². The Hall–Kier alpha value is -1.30. The molecule has 100 valence electrons. The summed E-state index contributed by atoms with van der Waals surface area (Å²) in [7, 11) is 0. The van der Waals surface area contributed by atoms with Gasteiger partial charge in [-0.2, -0.15) is 0 Å². The first-order valence-electron chi connectivity index (χ1n) is 7.73. The average molecular weight is 252 g/mol. The van der Waals surface area contributed by atoms with Crippen LogP contribution in [0.5, 0.6) is 0 Å². The first kappa shape index (κ1) is 12.7. The number of rotatable bonds is 3. The number of hydrogen-bond acceptors (Lipinski definition) is 0. The highest BCUT2D eigenvalue weighted by atomic mass is 14.5. The molecule has 2 aliphatic carbocycles. The summed E-state index contributed by atoms with van der Waals surface area (Å²) < 4.78 is 0. The first-order valence-corrected chi connectivity index (χ1v) is 7.73. The molecule has 2 atom stereocenters. The fourth-order valence-electron chi connectivity index (χ4n) is 3.95. The summed E-state index contributed by atoms with van der Waals surface area (Å²) in [5.74, 6) is 0.748. The van der Waals surface area contributed by atoms with Gasteiger partial charge in [-0.15, -0.1) is 0 Å². The normalized spacial score (nSPS) is 31.6. The fraction of sp³-hybridized carbons (Fsp3) is 0.474. The fourth-order valence-corrected chi connectivity index (χ4v) is 3.95. The minimum absolute atomic E-state index is 0.417. The second-order valence-electron chi connectivity index (χ2n) is 6.28. The van der Waals surface area contributed by atoms with Crippen LogP contribution in [-0.4, -0.2) is 0 Å². The summed E-state index contributed by atoms with van der Waals surface area (Å²) in [5.41, 5.74) is 5.04. The van der Waals surface area contributed by atoms with Gasteiger partial charge < -0.3 is 0 Å². The Bertz CT molecular complexity index is 506. The van der Waals surface area contributed by atoms with Gasteiger partial charge in [0, 0.05) is 0 Å². The zero-order valence-corrected chi connectivity index (χ0v) is 12.2. The molecule has 0 N–H and O–H groups in total. The highest BCUT2D eigenvalue weighted by Crippen LogP contribution is 2.59. The van der Waals surface area contributed by atoms with E-state index in [9.17, 15) is 0 Å². The molecule has 1 aromatic carbocycles. The molecule has 0 bridgehead atoms. The molecule has 0 heteroatoms. The second-order valence-corrected chi connectivity index (χ2v) is 6.28. The lowest BCUT2D eigenvalue weighted by Gasteiger charge is -2.28. The number of fused-ring (bicyclic) bond motifs is 1. The topological polar surface area (TPSA) is 0 Å². The van der Waals surface area contributed by atoms with Gasteiger partial charge in [-0.1, -0.05) is 69.2 Å². The first-order chi connectivity index (χ1) is 9.25. The Balaban J connectivity index is 2.01. The van der Waals surface area contributed by atoms with E-state index < -0.39 is 0 Å². The quantitative estimate of drug-likeness (QED) is 0.655. The molecule has 0 amide bonds. The molecule has 0 radical (unpaired) electrons. The summed E-state index contributed by atoms with van der Waals surface area (Å²) >= 11 is 0. The van der Waals surface area contributed by atoms with Gasteiger partial charge in [0.2, 0.25) is 0 Å². The van der Waals surface area contributed by atoms with E-state index in [4.69, 9.17) is 0 Å². The maximum Gasteiger partial charge on any atom is -0.000948 e. The lowest BCUT2D eigenvalue weighted by Crippen LogP contribution is -2.19. The number of allylic oxidation sites excluding steroid dienone is 4. The second kappa shape index (κ2) is 5.00. The van der Waals surface area contributed by atoms with Crippen LogP contribution < -0.4 is 0 Å². The minimum Gasteiger partial charge on any atom is -0.0807 e. The predicted molar refractivity (Wildman–Crippen MR) is 82.9 cm³/mol. The van der Waals surface area contributed by atoms with Gasteiger partial charge in [-0.05, 0) is 47.3 Å². The van der Waals surface area contributed by atoms with E-state index in [1.165, 1.54) is 37.7 Å². The van der Waals surface area contributed by atoms with Crippen LogP contribution in [0.2, 0.25) is 0 Å². The van der Waals surface area contributed by atoms with E-state index >= 15 is 0 Å². The maximum atomic E-state index is 2.49. The molecule has 19 heavy (non-hydrogen) atoms. The zero-order valence-electron chi connectivity index (χ0n) is 12.2. The molecule has 2 aliphatic rings. The van der Waals surface area contributed by atoms with Crippen molar-refractivity contribution >= 4 is 5.57 Å². The van der Waals surface area contributed by atoms with Crippen LogP contribution in [0.15, 0.2) is 48.1 Å². The highest BCUT2D eigenvalue weighted by Gasteiger charge is 2.46. The van der Waals surface area contributed by atoms with Crippen molar-refractivity contribution in [1.82, 2.24) is 0 Å². The third kappa shape index (κ3) is 2.08. The van der Waals surface area contributed by atoms with Crippen molar-refractivity contribution in [3.8, 4) is 0 Å². The van der Waals surface area contributed by atoms with Crippen LogP contribution in [0.4, 0.5) is 0 Å². The molecule has 0 unspecified atom stereocenters. The number of benzene rings is 1. The molecule has 1 fully saturated rings. The molecular weight excluding hydrogens is 228 g/mol. The summed E-state index contributed by atoms with van der Waals surface area (Å²) in [6, 6.07) is 11.0. The minimum atomic E-state index is 0.417. The van der Waals surface area contributed by atoms with Crippen LogP contribution >= 0.6 is 0 Å². The van der Waals surface area contributed by atoms with Gasteiger partial charge in [-0.3, -0.25) is 0 Å². The van der Waals surface area contributed by atoms with Crippen LogP contribution in [0.1, 0.15) is 51.5 Å². The van der Waals surface area contributed by atoms with Gasteiger partial charge in [-0.25, -0.2) is 0 Å². The van der Waals surface area contributed by atoms with Crippen LogP contribution in [0.25, 0.3) is 5.57 Å². The summed E-state index contributed by atoms with van der Waals surface area (Å²) in [5, 5.41) is 0. The lowest BCUT2D eigenvalue weighted by atomic mass is 9.75. The number of hydrogen-bond donors (Lipinski definition) is 0. The van der Waals surface area contributed by atoms with Crippen molar-refractivity contribution in [1.29, 1.82) is 0 Å². The van der Waals surface area contributed by atoms with E-state index in [2.05, 4.69) is 56.3 Å². The van der Waals surface area contributed by atoms with Crippen LogP contribution in [-0.2, 0) is 0 Å². The monoisotopic (exact) mass is 252 g/mol. The molecule has 0 heterocycles. The van der Waals surface area contributed by atoms with Crippen LogP contribution in [0, 0.1) is 11.3 Å². The smallest absolute Gasteiger partial charge is 0.000948 e. The SMILES string of the molecule is CCC/C=C1/C=C(c2ccccc2)[C@@H]2CCC[C@]12C. The standard InChI is InChI=1S/C19H24/c1-3-4-11-16-14-17(15-9-6-5-7-10-15)18-12-8-13-19(16,18)2/h5-7,9-11,14,18H,3-4,8,12-13H2,1-2H3/b16-11-/t18-,19+/m0/s1. The molecular formula is C19H24. The van der Waals surface area contributed by atoms with Crippen molar-refractivity contribution in [2.24, 2.45) is 11.3 Å². The molecule has 0 spiro atoms. The van der Waals surface area contributed by atoms with Crippen molar-refractivity contribution < 1.29 is 0 Å². The van der Waals surface area contributed by atoms with Crippen molar-refractivity contribution in [3.05, 3.63) is 53.6 Å². The third-order valence-corrected chi connectivity index (χ3v) is 5.06. The Morgan fingerprint density at radius 3 is 2.79 bits per heavy atom. The number of unbranched alkanes of at least 4 members (excludes halogenated alkanes) is 1. The molecule has 0 aliphatic heterocycles. The summed E-state index contributed by atoms with van der Waals surface area (Å²) in [4.78, 5) is 0. The van der Waals surface area contributed by atoms with Gasteiger partial charge in [0.15, 0.2) is 0 Å². The third-order valence-electron chi connectivity index (χ3n) is 5.06. The lowest BCUT2D eigenvalue weighted by molar-refractivity contribution is 0.370. The molecule has 0 nitrogen and oxygen atoms in total. The predicted octanol–water partition coefficient (Wildman–Crippen LogP) is 5.62. The molecule has 1 aromatic rings. The zero-order chi connectivity index (χ0) is 13.3. The Morgan fingerprint density at radius 1 is 1.26 bits per heavy atom. The van der Waals surface area contributed by atoms with E-state index in [1.54, 1.807) is 11.1 Å². The van der Waals surface area contributed by atoms with Crippen molar-refractivity contribution in [2.45, 2.75) is 46.0 Å². The summed E-state index contributed by atoms with van der Waals surface area (Å²) in [6.45, 7) is 4.75. The van der Waals surface area contributed by atoms with Gasteiger partial charge in [0.1, 0.15) is 0 Å².